The maximum atomic E-state index is 13.4. The van der Waals surface area contributed by atoms with Gasteiger partial charge in [0.1, 0.15) is 6.04 Å². The van der Waals surface area contributed by atoms with Crippen molar-refractivity contribution in [1.82, 2.24) is 14.9 Å². The molecule has 8 nitrogen and oxygen atoms in total. The summed E-state index contributed by atoms with van der Waals surface area (Å²) in [6.45, 7) is 0.830. The van der Waals surface area contributed by atoms with Gasteiger partial charge in [0.2, 0.25) is 15.9 Å². The van der Waals surface area contributed by atoms with E-state index < -0.39 is 22.2 Å². The molecule has 0 spiro atoms. The molecule has 2 amide bonds. The molecule has 10 heteroatoms. The molecule has 39 heavy (non-hydrogen) atoms. The average molecular weight is 570 g/mol. The Morgan fingerprint density at radius 2 is 1.77 bits per heavy atom. The van der Waals surface area contributed by atoms with Crippen molar-refractivity contribution >= 4 is 43.3 Å². The van der Waals surface area contributed by atoms with Crippen LogP contribution in [0.15, 0.2) is 65.6 Å². The summed E-state index contributed by atoms with van der Waals surface area (Å²) in [6, 6.07) is 17.4. The number of hydrogen-bond acceptors (Lipinski definition) is 6. The van der Waals surface area contributed by atoms with Gasteiger partial charge in [-0.2, -0.15) is 4.31 Å². The van der Waals surface area contributed by atoms with E-state index >= 15 is 0 Å². The van der Waals surface area contributed by atoms with Crippen LogP contribution in [0.4, 0.5) is 0 Å². The van der Waals surface area contributed by atoms with Crippen LogP contribution in [-0.2, 0) is 19.6 Å². The number of carbonyl (C=O) groups excluding carboxylic acids is 2. The number of hydrogen-bond donors (Lipinski definition) is 2. The van der Waals surface area contributed by atoms with Crippen molar-refractivity contribution in [2.45, 2.75) is 55.6 Å². The van der Waals surface area contributed by atoms with E-state index in [1.165, 1.54) is 22.1 Å². The Morgan fingerprint density at radius 1 is 1.03 bits per heavy atom. The predicted molar refractivity (Wildman–Crippen MR) is 152 cm³/mol. The Labute approximate surface area is 233 Å². The van der Waals surface area contributed by atoms with Crippen LogP contribution in [0.25, 0.3) is 10.1 Å². The molecule has 208 valence electrons. The van der Waals surface area contributed by atoms with Gasteiger partial charge in [-0.3, -0.25) is 9.59 Å². The first-order chi connectivity index (χ1) is 18.9. The molecule has 2 heterocycles. The minimum absolute atomic E-state index is 0.152. The maximum absolute atomic E-state index is 13.4. The molecule has 0 bridgehead atoms. The zero-order valence-corrected chi connectivity index (χ0v) is 23.5. The molecule has 1 aromatic heterocycles. The molecule has 1 aliphatic heterocycles. The van der Waals surface area contributed by atoms with Crippen LogP contribution in [0.1, 0.15) is 48.2 Å². The largest absolute Gasteiger partial charge is 0.374 e. The number of benzene rings is 2. The van der Waals surface area contributed by atoms with Gasteiger partial charge in [0.25, 0.3) is 5.91 Å². The molecule has 2 N–H and O–H groups in total. The third-order valence-corrected chi connectivity index (χ3v) is 10.5. The summed E-state index contributed by atoms with van der Waals surface area (Å²) in [6.07, 6.45) is 5.72. The first-order valence-corrected chi connectivity index (χ1v) is 15.9. The second kappa shape index (κ2) is 12.6. The monoisotopic (exact) mass is 569 g/mol. The topological polar surface area (TPSA) is 105 Å². The Morgan fingerprint density at radius 3 is 2.54 bits per heavy atom. The second-order valence-corrected chi connectivity index (χ2v) is 13.4. The van der Waals surface area contributed by atoms with Crippen molar-refractivity contribution in [2.24, 2.45) is 5.92 Å². The number of carbonyl (C=O) groups is 2. The van der Waals surface area contributed by atoms with Crippen molar-refractivity contribution < 1.29 is 22.7 Å². The van der Waals surface area contributed by atoms with Gasteiger partial charge < -0.3 is 15.4 Å². The lowest BCUT2D eigenvalue weighted by molar-refractivity contribution is -0.124. The van der Waals surface area contributed by atoms with Crippen LogP contribution < -0.4 is 10.6 Å². The zero-order chi connectivity index (χ0) is 27.2. The molecule has 2 fully saturated rings. The van der Waals surface area contributed by atoms with E-state index in [1.807, 2.05) is 30.3 Å². The number of nitrogens with zero attached hydrogens (tertiary/aromatic N) is 1. The van der Waals surface area contributed by atoms with E-state index in [0.717, 1.165) is 35.8 Å². The summed E-state index contributed by atoms with van der Waals surface area (Å²) in [5, 5.41) is 6.94. The Bertz CT molecular complexity index is 1350. The van der Waals surface area contributed by atoms with E-state index in [-0.39, 0.29) is 43.0 Å². The number of fused-ring (bicyclic) bond motifs is 1. The van der Waals surface area contributed by atoms with Crippen molar-refractivity contribution in [3.63, 3.8) is 0 Å². The number of nitrogens with one attached hydrogen (secondary N) is 2. The van der Waals surface area contributed by atoms with Crippen molar-refractivity contribution in [1.29, 1.82) is 0 Å². The number of thiophene rings is 1. The van der Waals surface area contributed by atoms with Crippen LogP contribution >= 0.6 is 11.3 Å². The van der Waals surface area contributed by atoms with Crippen molar-refractivity contribution in [3.8, 4) is 0 Å². The zero-order valence-electron chi connectivity index (χ0n) is 21.9. The highest BCUT2D eigenvalue weighted by Gasteiger charge is 2.32. The van der Waals surface area contributed by atoms with E-state index in [9.17, 15) is 18.0 Å². The molecule has 2 aliphatic rings. The minimum atomic E-state index is -3.64. The normalized spacial score (nSPS) is 19.9. The van der Waals surface area contributed by atoms with Gasteiger partial charge in [0.05, 0.1) is 22.5 Å². The fraction of sp³-hybridized carbons (Fsp3) is 0.448. The van der Waals surface area contributed by atoms with Crippen LogP contribution in [-0.4, -0.2) is 62.9 Å². The van der Waals surface area contributed by atoms with Crippen LogP contribution in [0.3, 0.4) is 0 Å². The second-order valence-electron chi connectivity index (χ2n) is 10.3. The highest BCUT2D eigenvalue weighted by molar-refractivity contribution is 7.89. The summed E-state index contributed by atoms with van der Waals surface area (Å²) < 4.78 is 34.3. The Hall–Kier alpha value is -2.79. The Balaban J connectivity index is 1.23. The van der Waals surface area contributed by atoms with Gasteiger partial charge >= 0.3 is 0 Å². The number of ether oxygens (including phenoxy) is 1. The van der Waals surface area contributed by atoms with Crippen molar-refractivity contribution in [2.75, 3.05) is 26.2 Å². The summed E-state index contributed by atoms with van der Waals surface area (Å²) in [5.41, 5.74) is 0. The predicted octanol–water partition coefficient (Wildman–Crippen LogP) is 4.18. The lowest BCUT2D eigenvalue weighted by Gasteiger charge is -2.32. The molecule has 1 saturated carbocycles. The number of amides is 2. The number of sulfonamides is 1. The maximum Gasteiger partial charge on any atom is 0.262 e. The van der Waals surface area contributed by atoms with Crippen molar-refractivity contribution in [3.05, 3.63) is 65.5 Å². The lowest BCUT2D eigenvalue weighted by Crippen LogP contribution is -2.53. The summed E-state index contributed by atoms with van der Waals surface area (Å²) in [5.74, 6) is -0.127. The van der Waals surface area contributed by atoms with Crippen LogP contribution in [0.2, 0.25) is 0 Å². The molecule has 1 aliphatic carbocycles. The van der Waals surface area contributed by atoms with Gasteiger partial charge in [-0.15, -0.1) is 11.3 Å². The minimum Gasteiger partial charge on any atom is -0.374 e. The van der Waals surface area contributed by atoms with Crippen LogP contribution in [0.5, 0.6) is 0 Å². The summed E-state index contributed by atoms with van der Waals surface area (Å²) >= 11 is 1.42. The van der Waals surface area contributed by atoms with Gasteiger partial charge in [-0.05, 0) is 42.0 Å². The summed E-state index contributed by atoms with van der Waals surface area (Å²) in [7, 11) is -3.64. The van der Waals surface area contributed by atoms with E-state index in [1.54, 1.807) is 30.3 Å². The first-order valence-electron chi connectivity index (χ1n) is 13.6. The lowest BCUT2D eigenvalue weighted by atomic mass is 9.84. The van der Waals surface area contributed by atoms with Gasteiger partial charge in [0, 0.05) is 24.3 Å². The molecule has 2 aromatic carbocycles. The van der Waals surface area contributed by atoms with E-state index in [2.05, 4.69) is 10.6 Å². The summed E-state index contributed by atoms with van der Waals surface area (Å²) in [4.78, 5) is 27.4. The molecule has 2 atom stereocenters. The molecular formula is C29H35N3O5S2. The highest BCUT2D eigenvalue weighted by Crippen LogP contribution is 2.29. The van der Waals surface area contributed by atoms with Gasteiger partial charge in [-0.1, -0.05) is 68.5 Å². The highest BCUT2D eigenvalue weighted by atomic mass is 32.2. The average Bonchev–Trinajstić information content (AvgIpc) is 3.41. The fourth-order valence-electron chi connectivity index (χ4n) is 5.42. The molecule has 1 unspecified atom stereocenters. The molecule has 5 rings (SSSR count). The smallest absolute Gasteiger partial charge is 0.262 e. The number of rotatable bonds is 9. The standard InChI is InChI=1S/C29H35N3O5S2/c33-28(30-19-23-20-32(15-16-37-23)39(35,36)24-12-5-2-6-13-24)25(17-21-9-3-1-4-10-21)31-29(34)27-18-22-11-7-8-14-26(22)38-27/h2,5-8,11-14,18,21,23,25H,1,3-4,9-10,15-17,19-20H2,(H,30,33)(H,31,34)/t23?,25-/m0/s1. The fourth-order valence-corrected chi connectivity index (χ4v) is 7.87. The molecule has 0 radical (unpaired) electrons. The SMILES string of the molecule is O=C(N[C@@H](CC1CCCCC1)C(=O)NCC1CN(S(=O)(=O)c2ccccc2)CCO1)c1cc2ccccc2s1. The van der Waals surface area contributed by atoms with Gasteiger partial charge in [-0.25, -0.2) is 8.42 Å². The number of morpholine rings is 1. The molecular weight excluding hydrogens is 534 g/mol. The third-order valence-electron chi connectivity index (χ3n) is 7.55. The van der Waals surface area contributed by atoms with E-state index in [0.29, 0.717) is 17.2 Å². The molecule has 3 aromatic rings. The van der Waals surface area contributed by atoms with Gasteiger partial charge in [0.15, 0.2) is 0 Å². The molecule has 1 saturated heterocycles. The third kappa shape index (κ3) is 6.87. The quantitative estimate of drug-likeness (QED) is 0.402. The van der Waals surface area contributed by atoms with E-state index in [4.69, 9.17) is 4.74 Å². The van der Waals surface area contributed by atoms with Crippen LogP contribution in [0, 0.1) is 5.92 Å². The Kier molecular flexibility index (Phi) is 8.96. The first kappa shape index (κ1) is 27.8.